The molecule has 0 radical (unpaired) electrons. The summed E-state index contributed by atoms with van der Waals surface area (Å²) in [6, 6.07) is 10.4. The van der Waals surface area contributed by atoms with Gasteiger partial charge in [0.15, 0.2) is 0 Å². The van der Waals surface area contributed by atoms with Crippen LogP contribution in [0.5, 0.6) is 0 Å². The minimum Gasteiger partial charge on any atom is -0.477 e. The average molecular weight is 528 g/mol. The second kappa shape index (κ2) is 11.3. The van der Waals surface area contributed by atoms with Crippen molar-refractivity contribution in [2.24, 2.45) is 11.8 Å². The molecule has 0 spiro atoms. The van der Waals surface area contributed by atoms with Gasteiger partial charge in [-0.3, -0.25) is 0 Å². The van der Waals surface area contributed by atoms with Gasteiger partial charge in [0.1, 0.15) is 10.7 Å². The van der Waals surface area contributed by atoms with E-state index in [1.54, 1.807) is 6.08 Å². The maximum atomic E-state index is 12.4. The molecule has 0 unspecified atom stereocenters. The van der Waals surface area contributed by atoms with Crippen LogP contribution in [0.4, 0.5) is 0 Å². The number of nitrogens with zero attached hydrogens (tertiary/aromatic N) is 2. The first-order chi connectivity index (χ1) is 18.3. The second-order valence-corrected chi connectivity index (χ2v) is 11.9. The lowest BCUT2D eigenvalue weighted by Crippen LogP contribution is -2.31. The molecule has 0 atom stereocenters. The van der Waals surface area contributed by atoms with Crippen molar-refractivity contribution < 1.29 is 9.90 Å². The van der Waals surface area contributed by atoms with Gasteiger partial charge in [-0.15, -0.1) is 11.3 Å². The topological polar surface area (TPSA) is 69.2 Å². The van der Waals surface area contributed by atoms with Gasteiger partial charge in [-0.2, -0.15) is 0 Å². The van der Waals surface area contributed by atoms with Gasteiger partial charge in [-0.25, -0.2) is 9.78 Å². The molecule has 5 rings (SSSR count). The number of likely N-dealkylation sites (N-methyl/N-ethyl adjacent to an activating group) is 1. The maximum absolute atomic E-state index is 12.4. The van der Waals surface area contributed by atoms with E-state index < -0.39 is 5.97 Å². The monoisotopic (exact) mass is 527 g/mol. The number of aromatic nitrogens is 2. The summed E-state index contributed by atoms with van der Waals surface area (Å²) in [5.41, 5.74) is 7.62. The molecule has 1 fully saturated rings. The zero-order chi connectivity index (χ0) is 26.8. The Morgan fingerprint density at radius 1 is 1.18 bits per heavy atom. The van der Waals surface area contributed by atoms with Gasteiger partial charge in [0.2, 0.25) is 0 Å². The number of rotatable bonds is 7. The van der Waals surface area contributed by atoms with E-state index in [4.69, 9.17) is 4.98 Å². The first-order valence-electron chi connectivity index (χ1n) is 13.6. The van der Waals surface area contributed by atoms with Crippen molar-refractivity contribution >= 4 is 29.0 Å². The first kappa shape index (κ1) is 26.4. The number of hydrogen-bond acceptors (Lipinski definition) is 4. The van der Waals surface area contributed by atoms with Crippen LogP contribution in [-0.4, -0.2) is 46.1 Å². The number of carbonyl (C=O) groups is 1. The number of nitrogens with one attached hydrogen (secondary N) is 1. The highest BCUT2D eigenvalue weighted by molar-refractivity contribution is 7.17. The van der Waals surface area contributed by atoms with Crippen molar-refractivity contribution in [3.8, 4) is 21.8 Å². The van der Waals surface area contributed by atoms with Crippen LogP contribution in [0.3, 0.4) is 0 Å². The SMILES string of the molecule is C=C/C=C\c1nc(-c2ccc(-c3cc(C4=C(C5CCC(C)CC5)CN(C)CC4)c(C(=O)O)s3)cc2)[nH]c1C. The Labute approximate surface area is 229 Å². The van der Waals surface area contributed by atoms with E-state index in [1.165, 1.54) is 48.2 Å². The van der Waals surface area contributed by atoms with Crippen LogP contribution in [0.25, 0.3) is 33.5 Å². The molecule has 0 saturated heterocycles. The molecular weight excluding hydrogens is 490 g/mol. The number of imidazole rings is 1. The van der Waals surface area contributed by atoms with Gasteiger partial charge >= 0.3 is 5.97 Å². The summed E-state index contributed by atoms with van der Waals surface area (Å²) < 4.78 is 0. The van der Waals surface area contributed by atoms with Crippen molar-refractivity contribution in [2.75, 3.05) is 20.1 Å². The minimum atomic E-state index is -0.831. The van der Waals surface area contributed by atoms with E-state index in [9.17, 15) is 9.90 Å². The van der Waals surface area contributed by atoms with Gasteiger partial charge < -0.3 is 15.0 Å². The summed E-state index contributed by atoms with van der Waals surface area (Å²) in [5.74, 6) is 1.35. The minimum absolute atomic E-state index is 0.464. The van der Waals surface area contributed by atoms with Crippen molar-refractivity contribution in [3.63, 3.8) is 0 Å². The van der Waals surface area contributed by atoms with Gasteiger partial charge in [-0.1, -0.05) is 62.8 Å². The van der Waals surface area contributed by atoms with Crippen LogP contribution in [-0.2, 0) is 0 Å². The molecule has 6 heteroatoms. The fraction of sp³-hybridized carbons (Fsp3) is 0.375. The Morgan fingerprint density at radius 3 is 2.58 bits per heavy atom. The Morgan fingerprint density at radius 2 is 1.89 bits per heavy atom. The zero-order valence-corrected chi connectivity index (χ0v) is 23.4. The lowest BCUT2D eigenvalue weighted by Gasteiger charge is -2.35. The van der Waals surface area contributed by atoms with Gasteiger partial charge in [0, 0.05) is 34.8 Å². The highest BCUT2D eigenvalue weighted by Gasteiger charge is 2.30. The van der Waals surface area contributed by atoms with E-state index in [0.29, 0.717) is 10.8 Å². The molecule has 1 saturated carbocycles. The number of allylic oxidation sites excluding steroid dienone is 2. The fourth-order valence-corrected chi connectivity index (χ4v) is 6.89. The number of carboxylic acid groups (broad SMARTS) is 1. The molecule has 1 aliphatic heterocycles. The molecule has 38 heavy (non-hydrogen) atoms. The van der Waals surface area contributed by atoms with E-state index in [2.05, 4.69) is 60.8 Å². The van der Waals surface area contributed by atoms with E-state index in [1.807, 2.05) is 19.1 Å². The number of carboxylic acids is 1. The third kappa shape index (κ3) is 5.47. The van der Waals surface area contributed by atoms with Crippen LogP contribution in [0.1, 0.15) is 65.7 Å². The molecular formula is C32H37N3O2S. The van der Waals surface area contributed by atoms with Crippen molar-refractivity contribution in [3.05, 3.63) is 76.5 Å². The molecule has 3 heterocycles. The summed E-state index contributed by atoms with van der Waals surface area (Å²) in [6.45, 7) is 9.99. The largest absolute Gasteiger partial charge is 0.477 e. The lowest BCUT2D eigenvalue weighted by atomic mass is 9.75. The Hall–Kier alpha value is -3.22. The standard InChI is InChI=1S/C32H37N3O2S/c1-5-6-7-28-21(3)33-31(34-28)24-14-12-23(13-15-24)29-18-26(30(38-29)32(36)37)25-16-17-35(4)19-27(25)22-10-8-20(2)9-11-22/h5-7,12-15,18,20,22H,1,8-11,16-17,19H2,2-4H3,(H,33,34)(H,36,37)/b7-6-. The molecule has 1 aliphatic carbocycles. The van der Waals surface area contributed by atoms with Crippen molar-refractivity contribution in [1.82, 2.24) is 14.9 Å². The summed E-state index contributed by atoms with van der Waals surface area (Å²) in [6.07, 6.45) is 11.4. The van der Waals surface area contributed by atoms with E-state index in [-0.39, 0.29) is 0 Å². The number of aromatic carboxylic acids is 1. The smallest absolute Gasteiger partial charge is 0.346 e. The third-order valence-electron chi connectivity index (χ3n) is 8.09. The van der Waals surface area contributed by atoms with Crippen LogP contribution in [0, 0.1) is 18.8 Å². The third-order valence-corrected chi connectivity index (χ3v) is 9.26. The number of H-pyrrole nitrogens is 1. The molecule has 2 N–H and O–H groups in total. The lowest BCUT2D eigenvalue weighted by molar-refractivity contribution is 0.0702. The number of aromatic amines is 1. The number of thiophene rings is 1. The Bertz CT molecular complexity index is 1380. The molecule has 198 valence electrons. The van der Waals surface area contributed by atoms with Crippen molar-refractivity contribution in [2.45, 2.75) is 46.0 Å². The molecule has 1 aromatic carbocycles. The molecule has 3 aromatic rings. The Balaban J connectivity index is 1.48. The highest BCUT2D eigenvalue weighted by atomic mass is 32.1. The summed E-state index contributed by atoms with van der Waals surface area (Å²) in [5, 5.41) is 10.2. The summed E-state index contributed by atoms with van der Waals surface area (Å²) in [4.78, 5) is 24.3. The second-order valence-electron chi connectivity index (χ2n) is 10.9. The number of hydrogen-bond donors (Lipinski definition) is 2. The van der Waals surface area contributed by atoms with Crippen LogP contribution in [0.2, 0.25) is 0 Å². The molecule has 2 aromatic heterocycles. The number of benzene rings is 1. The predicted molar refractivity (Wildman–Crippen MR) is 158 cm³/mol. The fourth-order valence-electron chi connectivity index (χ4n) is 5.86. The summed E-state index contributed by atoms with van der Waals surface area (Å²) >= 11 is 1.39. The van der Waals surface area contributed by atoms with E-state index in [0.717, 1.165) is 64.2 Å². The highest BCUT2D eigenvalue weighted by Crippen LogP contribution is 2.43. The van der Waals surface area contributed by atoms with E-state index >= 15 is 0 Å². The first-order valence-corrected chi connectivity index (χ1v) is 14.4. The normalized spacial score (nSPS) is 20.8. The molecule has 5 nitrogen and oxygen atoms in total. The molecule has 2 aliphatic rings. The maximum Gasteiger partial charge on any atom is 0.346 e. The van der Waals surface area contributed by atoms with Gasteiger partial charge in [0.05, 0.1) is 5.69 Å². The van der Waals surface area contributed by atoms with Crippen LogP contribution in [0.15, 0.2) is 54.6 Å². The zero-order valence-electron chi connectivity index (χ0n) is 22.6. The number of aryl methyl sites for hydroxylation is 1. The average Bonchev–Trinajstić information content (AvgIpc) is 3.52. The predicted octanol–water partition coefficient (Wildman–Crippen LogP) is 7.93. The quantitative estimate of drug-likeness (QED) is 0.306. The molecule has 0 bridgehead atoms. The molecule has 0 amide bonds. The van der Waals surface area contributed by atoms with Crippen LogP contribution < -0.4 is 0 Å². The Kier molecular flexibility index (Phi) is 7.82. The van der Waals surface area contributed by atoms with Crippen LogP contribution >= 0.6 is 11.3 Å². The van der Waals surface area contributed by atoms with Gasteiger partial charge in [0.25, 0.3) is 0 Å². The van der Waals surface area contributed by atoms with Crippen molar-refractivity contribution in [1.29, 1.82) is 0 Å². The van der Waals surface area contributed by atoms with Gasteiger partial charge in [-0.05, 0) is 73.9 Å². The summed E-state index contributed by atoms with van der Waals surface area (Å²) in [7, 11) is 2.18.